The summed E-state index contributed by atoms with van der Waals surface area (Å²) < 4.78 is 51.9. The number of hydrogen-bond donors (Lipinski definition) is 0. The predicted octanol–water partition coefficient (Wildman–Crippen LogP) is 5.15. The van der Waals surface area contributed by atoms with E-state index in [4.69, 9.17) is 9.47 Å². The third kappa shape index (κ3) is 4.07. The number of rotatable bonds is 5. The Morgan fingerprint density at radius 3 is 2.79 bits per heavy atom. The van der Waals surface area contributed by atoms with Crippen LogP contribution in [-0.2, 0) is 17.5 Å². The van der Waals surface area contributed by atoms with Gasteiger partial charge in [0.1, 0.15) is 12.4 Å². The van der Waals surface area contributed by atoms with E-state index < -0.39 is 11.7 Å². The summed E-state index contributed by atoms with van der Waals surface area (Å²) >= 11 is 0. The van der Waals surface area contributed by atoms with Gasteiger partial charge in [0.05, 0.1) is 23.0 Å². The Kier molecular flexibility index (Phi) is 5.44. The molecule has 2 aromatic rings. The van der Waals surface area contributed by atoms with Gasteiger partial charge in [-0.15, -0.1) is 0 Å². The van der Waals surface area contributed by atoms with Crippen LogP contribution in [0.1, 0.15) is 35.6 Å². The highest BCUT2D eigenvalue weighted by Gasteiger charge is 2.35. The fraction of sp³-hybridized carbons (Fsp3) is 0.455. The molecule has 2 heterocycles. The molecular weight excluding hydrogens is 381 g/mol. The van der Waals surface area contributed by atoms with E-state index in [1.54, 1.807) is 0 Å². The molecule has 0 bridgehead atoms. The molecule has 0 aliphatic carbocycles. The normalized spacial score (nSPS) is 18.1. The average Bonchev–Trinajstić information content (AvgIpc) is 2.84. The van der Waals surface area contributed by atoms with E-state index in [2.05, 4.69) is 4.90 Å². The number of ether oxygens (including phenoxy) is 2. The van der Waals surface area contributed by atoms with Crippen molar-refractivity contribution in [2.45, 2.75) is 31.7 Å². The molecule has 0 radical (unpaired) electrons. The van der Waals surface area contributed by atoms with E-state index in [9.17, 15) is 13.2 Å². The zero-order chi connectivity index (χ0) is 20.6. The van der Waals surface area contributed by atoms with Crippen LogP contribution in [0.3, 0.4) is 0 Å². The number of hydrogen-bond acceptors (Lipinski definition) is 4. The monoisotopic (exact) mass is 406 g/mol. The lowest BCUT2D eigenvalue weighted by Gasteiger charge is -2.36. The van der Waals surface area contributed by atoms with Gasteiger partial charge in [0.15, 0.2) is 0 Å². The minimum Gasteiger partial charge on any atom is -0.487 e. The summed E-state index contributed by atoms with van der Waals surface area (Å²) in [6.45, 7) is 2.51. The van der Waals surface area contributed by atoms with Crippen LogP contribution in [0.2, 0.25) is 0 Å². The van der Waals surface area contributed by atoms with Crippen molar-refractivity contribution >= 4 is 11.4 Å². The van der Waals surface area contributed by atoms with Gasteiger partial charge < -0.3 is 19.3 Å². The van der Waals surface area contributed by atoms with E-state index in [1.165, 1.54) is 12.1 Å². The molecule has 156 valence electrons. The maximum atomic E-state index is 13.3. The van der Waals surface area contributed by atoms with Gasteiger partial charge in [-0.1, -0.05) is 18.2 Å². The number of halogens is 3. The van der Waals surface area contributed by atoms with E-state index in [-0.39, 0.29) is 6.10 Å². The van der Waals surface area contributed by atoms with Crippen LogP contribution in [0.25, 0.3) is 0 Å². The summed E-state index contributed by atoms with van der Waals surface area (Å²) in [6, 6.07) is 9.65. The minimum absolute atomic E-state index is 0.0595. The van der Waals surface area contributed by atoms with Crippen LogP contribution in [0.4, 0.5) is 24.5 Å². The number of anilines is 2. The lowest BCUT2D eigenvalue weighted by atomic mass is 9.94. The van der Waals surface area contributed by atoms with E-state index in [0.717, 1.165) is 35.8 Å². The first-order chi connectivity index (χ1) is 13.8. The quantitative estimate of drug-likeness (QED) is 0.642. The van der Waals surface area contributed by atoms with Crippen LogP contribution < -0.4 is 9.64 Å². The Morgan fingerprint density at radius 2 is 2.03 bits per heavy atom. The van der Waals surface area contributed by atoms with Crippen molar-refractivity contribution in [1.82, 2.24) is 4.90 Å². The molecule has 0 spiro atoms. The van der Waals surface area contributed by atoms with Gasteiger partial charge in [0.25, 0.3) is 0 Å². The molecule has 4 nitrogen and oxygen atoms in total. The summed E-state index contributed by atoms with van der Waals surface area (Å²) in [5.74, 6) is 0.477. The lowest BCUT2D eigenvalue weighted by molar-refractivity contribution is -0.137. The van der Waals surface area contributed by atoms with Crippen LogP contribution >= 0.6 is 0 Å². The van der Waals surface area contributed by atoms with Gasteiger partial charge in [-0.2, -0.15) is 13.2 Å². The molecule has 0 N–H and O–H groups in total. The summed E-state index contributed by atoms with van der Waals surface area (Å²) in [5.41, 5.74) is 2.72. The van der Waals surface area contributed by atoms with E-state index in [1.807, 2.05) is 37.2 Å². The average molecular weight is 406 g/mol. The van der Waals surface area contributed by atoms with Crippen LogP contribution in [-0.4, -0.2) is 38.7 Å². The molecule has 1 atom stereocenters. The third-order valence-electron chi connectivity index (χ3n) is 5.41. The summed E-state index contributed by atoms with van der Waals surface area (Å²) in [6.07, 6.45) is -2.80. The first kappa shape index (κ1) is 20.0. The molecule has 0 saturated heterocycles. The Morgan fingerprint density at radius 1 is 1.21 bits per heavy atom. The summed E-state index contributed by atoms with van der Waals surface area (Å²) in [5, 5.41) is 0. The van der Waals surface area contributed by atoms with E-state index >= 15 is 0 Å². The first-order valence-electron chi connectivity index (χ1n) is 9.84. The van der Waals surface area contributed by atoms with Crippen LogP contribution in [0.15, 0.2) is 36.4 Å². The third-order valence-corrected chi connectivity index (χ3v) is 5.41. The van der Waals surface area contributed by atoms with Gasteiger partial charge in [0, 0.05) is 24.3 Å². The Hall–Kier alpha value is -2.25. The zero-order valence-corrected chi connectivity index (χ0v) is 16.6. The minimum atomic E-state index is -4.39. The molecule has 0 saturated carbocycles. The molecule has 0 aromatic heterocycles. The summed E-state index contributed by atoms with van der Waals surface area (Å²) in [4.78, 5) is 4.08. The molecule has 7 heteroatoms. The molecule has 4 rings (SSSR count). The highest BCUT2D eigenvalue weighted by molar-refractivity contribution is 5.77. The number of para-hydroxylation sites is 1. The standard InChI is InChI=1S/C22H25F3N2O2/c1-26(2)10-4-12-28-19-9-11-27-18-13-16(22(23,24)25)7-8-20(18)29-14-15-5-3-6-17(19)21(15)27/h3,5-8,13,19H,4,9-12,14H2,1-2H3. The van der Waals surface area contributed by atoms with Crippen LogP contribution in [0, 0.1) is 0 Å². The second-order valence-electron chi connectivity index (χ2n) is 7.78. The van der Waals surface area contributed by atoms with Crippen molar-refractivity contribution in [2.24, 2.45) is 0 Å². The van der Waals surface area contributed by atoms with Gasteiger partial charge in [-0.3, -0.25) is 0 Å². The van der Waals surface area contributed by atoms with Gasteiger partial charge >= 0.3 is 6.18 Å². The number of nitrogens with zero attached hydrogens (tertiary/aromatic N) is 2. The van der Waals surface area contributed by atoms with Crippen LogP contribution in [0.5, 0.6) is 5.75 Å². The van der Waals surface area contributed by atoms with Crippen molar-refractivity contribution in [3.63, 3.8) is 0 Å². The lowest BCUT2D eigenvalue weighted by Crippen LogP contribution is -2.29. The molecule has 2 aromatic carbocycles. The molecule has 0 fully saturated rings. The maximum absolute atomic E-state index is 13.3. The number of alkyl halides is 3. The molecule has 29 heavy (non-hydrogen) atoms. The predicted molar refractivity (Wildman–Crippen MR) is 106 cm³/mol. The van der Waals surface area contributed by atoms with Crippen molar-refractivity contribution in [3.8, 4) is 5.75 Å². The van der Waals surface area contributed by atoms with Gasteiger partial charge in [-0.25, -0.2) is 0 Å². The van der Waals surface area contributed by atoms with Crippen molar-refractivity contribution in [2.75, 3.05) is 38.7 Å². The fourth-order valence-electron chi connectivity index (χ4n) is 4.03. The van der Waals surface area contributed by atoms with Gasteiger partial charge in [0.2, 0.25) is 0 Å². The molecule has 2 aliphatic rings. The molecule has 0 amide bonds. The maximum Gasteiger partial charge on any atom is 0.416 e. The molecule has 1 unspecified atom stereocenters. The number of fused-ring (bicyclic) bond motifs is 2. The largest absolute Gasteiger partial charge is 0.487 e. The smallest absolute Gasteiger partial charge is 0.416 e. The van der Waals surface area contributed by atoms with E-state index in [0.29, 0.717) is 37.6 Å². The SMILES string of the molecule is CN(C)CCCOC1CCN2c3cc(C(F)(F)F)ccc3OCc3cccc1c32. The molecular formula is C22H25F3N2O2. The first-order valence-corrected chi connectivity index (χ1v) is 9.84. The summed E-state index contributed by atoms with van der Waals surface area (Å²) in [7, 11) is 4.06. The zero-order valence-electron chi connectivity index (χ0n) is 16.6. The Bertz CT molecular complexity index is 883. The highest BCUT2D eigenvalue weighted by Crippen LogP contribution is 2.48. The topological polar surface area (TPSA) is 24.9 Å². The number of benzene rings is 2. The fourth-order valence-corrected chi connectivity index (χ4v) is 4.03. The van der Waals surface area contributed by atoms with Crippen molar-refractivity contribution in [1.29, 1.82) is 0 Å². The Labute approximate surface area is 168 Å². The molecule has 2 aliphatic heterocycles. The van der Waals surface area contributed by atoms with Crippen molar-refractivity contribution in [3.05, 3.63) is 53.1 Å². The second kappa shape index (κ2) is 7.88. The van der Waals surface area contributed by atoms with Crippen molar-refractivity contribution < 1.29 is 22.6 Å². The van der Waals surface area contributed by atoms with Gasteiger partial charge in [-0.05, 0) is 51.7 Å². The highest BCUT2D eigenvalue weighted by atomic mass is 19.4. The Balaban J connectivity index is 1.66. The second-order valence-corrected chi connectivity index (χ2v) is 7.78.